The maximum Gasteiger partial charge on any atom is 0.183 e. The summed E-state index contributed by atoms with van der Waals surface area (Å²) in [6.07, 6.45) is 3.80. The summed E-state index contributed by atoms with van der Waals surface area (Å²) in [5.74, 6) is 0.845. The molecule has 3 rings (SSSR count). The SMILES string of the molecule is C=CCNc1nc(-c2c[nH]c3cc(OC)ccc23)cs1. The van der Waals surface area contributed by atoms with Gasteiger partial charge < -0.3 is 15.0 Å². The number of ether oxygens (including phenoxy) is 1. The van der Waals surface area contributed by atoms with E-state index in [4.69, 9.17) is 4.74 Å². The first-order valence-electron chi connectivity index (χ1n) is 6.27. The monoisotopic (exact) mass is 285 g/mol. The number of H-pyrrole nitrogens is 1. The number of nitrogens with zero attached hydrogens (tertiary/aromatic N) is 1. The fourth-order valence-electron chi connectivity index (χ4n) is 2.08. The quantitative estimate of drug-likeness (QED) is 0.699. The van der Waals surface area contributed by atoms with E-state index in [1.807, 2.05) is 24.4 Å². The molecule has 20 heavy (non-hydrogen) atoms. The predicted molar refractivity (Wildman–Crippen MR) is 84.6 cm³/mol. The topological polar surface area (TPSA) is 49.9 Å². The van der Waals surface area contributed by atoms with E-state index in [9.17, 15) is 0 Å². The number of nitrogens with one attached hydrogen (secondary N) is 2. The Bertz CT molecular complexity index is 744. The first kappa shape index (κ1) is 12.7. The summed E-state index contributed by atoms with van der Waals surface area (Å²) in [5, 5.41) is 7.31. The van der Waals surface area contributed by atoms with Crippen LogP contribution in [0, 0.1) is 0 Å². The molecule has 0 aliphatic heterocycles. The number of aromatic amines is 1. The predicted octanol–water partition coefficient (Wildman–Crippen LogP) is 3.90. The second-order valence-corrected chi connectivity index (χ2v) is 5.18. The van der Waals surface area contributed by atoms with Gasteiger partial charge in [0.1, 0.15) is 5.75 Å². The fourth-order valence-corrected chi connectivity index (χ4v) is 2.80. The van der Waals surface area contributed by atoms with Crippen LogP contribution in [-0.4, -0.2) is 23.6 Å². The molecule has 5 heteroatoms. The van der Waals surface area contributed by atoms with Crippen molar-refractivity contribution in [3.63, 3.8) is 0 Å². The van der Waals surface area contributed by atoms with Crippen molar-refractivity contribution >= 4 is 27.4 Å². The minimum atomic E-state index is 0.720. The lowest BCUT2D eigenvalue weighted by Gasteiger charge is -1.99. The van der Waals surface area contributed by atoms with E-state index in [0.717, 1.165) is 39.6 Å². The summed E-state index contributed by atoms with van der Waals surface area (Å²) in [7, 11) is 1.67. The van der Waals surface area contributed by atoms with Crippen molar-refractivity contribution in [2.45, 2.75) is 0 Å². The molecule has 0 saturated heterocycles. The Morgan fingerprint density at radius 2 is 2.40 bits per heavy atom. The number of methoxy groups -OCH3 is 1. The molecule has 102 valence electrons. The third-order valence-corrected chi connectivity index (χ3v) is 3.87. The molecule has 0 amide bonds. The summed E-state index contributed by atoms with van der Waals surface area (Å²) in [5.41, 5.74) is 3.12. The number of anilines is 1. The highest BCUT2D eigenvalue weighted by Gasteiger charge is 2.10. The molecule has 0 spiro atoms. The first-order chi connectivity index (χ1) is 9.81. The summed E-state index contributed by atoms with van der Waals surface area (Å²) in [4.78, 5) is 7.85. The Balaban J connectivity index is 1.97. The van der Waals surface area contributed by atoms with Crippen LogP contribution in [0.15, 0.2) is 42.4 Å². The van der Waals surface area contributed by atoms with Gasteiger partial charge >= 0.3 is 0 Å². The Morgan fingerprint density at radius 3 is 3.20 bits per heavy atom. The molecule has 0 saturated carbocycles. The fraction of sp³-hybridized carbons (Fsp3) is 0.133. The lowest BCUT2D eigenvalue weighted by molar-refractivity contribution is 0.415. The van der Waals surface area contributed by atoms with E-state index in [0.29, 0.717) is 0 Å². The second kappa shape index (κ2) is 5.38. The minimum absolute atomic E-state index is 0.720. The molecule has 2 N–H and O–H groups in total. The number of rotatable bonds is 5. The normalized spacial score (nSPS) is 10.7. The van der Waals surface area contributed by atoms with Crippen molar-refractivity contribution in [1.29, 1.82) is 0 Å². The summed E-state index contributed by atoms with van der Waals surface area (Å²) < 4.78 is 5.23. The van der Waals surface area contributed by atoms with Gasteiger partial charge in [-0.1, -0.05) is 6.08 Å². The third kappa shape index (κ3) is 2.28. The molecule has 2 aromatic heterocycles. The third-order valence-electron chi connectivity index (χ3n) is 3.07. The standard InChI is InChI=1S/C15H15N3OS/c1-3-6-16-15-18-14(9-20-15)12-8-17-13-7-10(19-2)4-5-11(12)13/h3-5,7-9,17H,1,6H2,2H3,(H,16,18). The van der Waals surface area contributed by atoms with E-state index in [2.05, 4.69) is 33.3 Å². The number of hydrogen-bond acceptors (Lipinski definition) is 4. The molecular weight excluding hydrogens is 270 g/mol. The highest BCUT2D eigenvalue weighted by Crippen LogP contribution is 2.32. The lowest BCUT2D eigenvalue weighted by atomic mass is 10.1. The summed E-state index contributed by atoms with van der Waals surface area (Å²) in [6.45, 7) is 4.41. The van der Waals surface area contributed by atoms with E-state index in [1.165, 1.54) is 0 Å². The average molecular weight is 285 g/mol. The zero-order valence-corrected chi connectivity index (χ0v) is 12.0. The van der Waals surface area contributed by atoms with Crippen LogP contribution in [0.1, 0.15) is 0 Å². The maximum atomic E-state index is 5.23. The van der Waals surface area contributed by atoms with E-state index in [1.54, 1.807) is 18.4 Å². The van der Waals surface area contributed by atoms with Gasteiger partial charge in [0.15, 0.2) is 5.13 Å². The molecule has 3 aromatic rings. The zero-order chi connectivity index (χ0) is 13.9. The molecule has 0 aliphatic carbocycles. The first-order valence-corrected chi connectivity index (χ1v) is 7.15. The van der Waals surface area contributed by atoms with Gasteiger partial charge in [0.25, 0.3) is 0 Å². The minimum Gasteiger partial charge on any atom is -0.497 e. The van der Waals surface area contributed by atoms with Crippen molar-refractivity contribution < 1.29 is 4.74 Å². The molecule has 0 aliphatic rings. The summed E-state index contributed by atoms with van der Waals surface area (Å²) in [6, 6.07) is 6.00. The zero-order valence-electron chi connectivity index (χ0n) is 11.1. The van der Waals surface area contributed by atoms with Crippen LogP contribution in [-0.2, 0) is 0 Å². The molecule has 0 atom stereocenters. The second-order valence-electron chi connectivity index (χ2n) is 4.32. The van der Waals surface area contributed by atoms with Crippen molar-refractivity contribution in [2.75, 3.05) is 19.0 Å². The molecule has 0 radical (unpaired) electrons. The lowest BCUT2D eigenvalue weighted by Crippen LogP contribution is -1.96. The van der Waals surface area contributed by atoms with Crippen molar-refractivity contribution in [2.24, 2.45) is 0 Å². The Morgan fingerprint density at radius 1 is 1.50 bits per heavy atom. The van der Waals surface area contributed by atoms with Gasteiger partial charge in [0.05, 0.1) is 12.8 Å². The molecule has 4 nitrogen and oxygen atoms in total. The van der Waals surface area contributed by atoms with Gasteiger partial charge in [-0.3, -0.25) is 0 Å². The number of hydrogen-bond donors (Lipinski definition) is 2. The van der Waals surface area contributed by atoms with Crippen LogP contribution < -0.4 is 10.1 Å². The smallest absolute Gasteiger partial charge is 0.183 e. The van der Waals surface area contributed by atoms with Crippen LogP contribution in [0.25, 0.3) is 22.2 Å². The van der Waals surface area contributed by atoms with Gasteiger partial charge in [0.2, 0.25) is 0 Å². The van der Waals surface area contributed by atoms with Crippen LogP contribution in [0.3, 0.4) is 0 Å². The van der Waals surface area contributed by atoms with Crippen molar-refractivity contribution in [3.05, 3.63) is 42.4 Å². The van der Waals surface area contributed by atoms with Crippen LogP contribution >= 0.6 is 11.3 Å². The molecule has 0 fully saturated rings. The number of benzene rings is 1. The number of thiazole rings is 1. The van der Waals surface area contributed by atoms with Gasteiger partial charge in [-0.25, -0.2) is 4.98 Å². The summed E-state index contributed by atoms with van der Waals surface area (Å²) >= 11 is 1.60. The van der Waals surface area contributed by atoms with Crippen molar-refractivity contribution in [1.82, 2.24) is 9.97 Å². The molecule has 0 unspecified atom stereocenters. The number of fused-ring (bicyclic) bond motifs is 1. The Labute approximate surface area is 121 Å². The maximum absolute atomic E-state index is 5.23. The number of aromatic nitrogens is 2. The largest absolute Gasteiger partial charge is 0.497 e. The molecule has 2 heterocycles. The van der Waals surface area contributed by atoms with Crippen molar-refractivity contribution in [3.8, 4) is 17.0 Å². The van der Waals surface area contributed by atoms with E-state index in [-0.39, 0.29) is 0 Å². The van der Waals surface area contributed by atoms with Crippen LogP contribution in [0.5, 0.6) is 5.75 Å². The van der Waals surface area contributed by atoms with Gasteiger partial charge in [-0.05, 0) is 12.1 Å². The highest BCUT2D eigenvalue weighted by molar-refractivity contribution is 7.14. The van der Waals surface area contributed by atoms with Gasteiger partial charge in [0, 0.05) is 40.7 Å². The molecule has 1 aromatic carbocycles. The van der Waals surface area contributed by atoms with E-state index >= 15 is 0 Å². The molecular formula is C15H15N3OS. The van der Waals surface area contributed by atoms with Gasteiger partial charge in [-0.2, -0.15) is 0 Å². The average Bonchev–Trinajstić information content (AvgIpc) is 3.10. The van der Waals surface area contributed by atoms with Gasteiger partial charge in [-0.15, -0.1) is 17.9 Å². The Hall–Kier alpha value is -2.27. The highest BCUT2D eigenvalue weighted by atomic mass is 32.1. The molecule has 0 bridgehead atoms. The Kier molecular flexibility index (Phi) is 3.43. The van der Waals surface area contributed by atoms with Crippen LogP contribution in [0.4, 0.5) is 5.13 Å². The van der Waals surface area contributed by atoms with Crippen LogP contribution in [0.2, 0.25) is 0 Å². The van der Waals surface area contributed by atoms with E-state index < -0.39 is 0 Å².